The first-order chi connectivity index (χ1) is 42.1. The molecule has 8 aromatic carbocycles. The molecule has 0 amide bonds. The average molecular weight is 1130 g/mol. The van der Waals surface area contributed by atoms with Crippen LogP contribution >= 0.6 is 0 Å². The van der Waals surface area contributed by atoms with E-state index in [0.717, 1.165) is 69.8 Å². The van der Waals surface area contributed by atoms with E-state index in [9.17, 15) is 0 Å². The molecule has 4 aromatic heterocycles. The number of para-hydroxylation sites is 1. The van der Waals surface area contributed by atoms with Gasteiger partial charge in [0.05, 0.1) is 79.7 Å². The summed E-state index contributed by atoms with van der Waals surface area (Å²) in [6, 6.07) is 34.1. The van der Waals surface area contributed by atoms with Crippen molar-refractivity contribution >= 4 is 89.1 Å². The first-order valence-electron chi connectivity index (χ1n) is 27.9. The highest BCUT2D eigenvalue weighted by molar-refractivity contribution is 5.94. The lowest BCUT2D eigenvalue weighted by Crippen LogP contribution is -2.36. The van der Waals surface area contributed by atoms with Gasteiger partial charge < -0.3 is 0 Å². The van der Waals surface area contributed by atoms with Crippen molar-refractivity contribution < 1.29 is 18.7 Å². The molecule has 12 aromatic rings. The van der Waals surface area contributed by atoms with E-state index in [4.69, 9.17) is 52.6 Å². The summed E-state index contributed by atoms with van der Waals surface area (Å²) < 4.78 is 17.2. The van der Waals surface area contributed by atoms with Crippen molar-refractivity contribution in [3.63, 3.8) is 0 Å². The summed E-state index contributed by atoms with van der Waals surface area (Å²) in [6.45, 7) is 76.1. The molecule has 0 fully saturated rings. The predicted octanol–water partition coefficient (Wildman–Crippen LogP) is 15.7. The molecule has 8 heterocycles. The van der Waals surface area contributed by atoms with Gasteiger partial charge in [-0.3, -0.25) is 38.8 Å². The average Bonchev–Trinajstić information content (AvgIpc) is 1.64. The van der Waals surface area contributed by atoms with Gasteiger partial charge in [0.25, 0.3) is 0 Å². The van der Waals surface area contributed by atoms with Crippen LogP contribution in [-0.2, 0) is 26.2 Å². The number of hydrogen-bond acceptors (Lipinski definition) is 0. The van der Waals surface area contributed by atoms with Crippen LogP contribution in [0.4, 0.5) is 45.5 Å². The molecule has 16 rings (SSSR count). The normalized spacial score (nSPS) is 11.8. The van der Waals surface area contributed by atoms with Crippen LogP contribution < -0.4 is 18.7 Å². The third-order valence-electron chi connectivity index (χ3n) is 16.9. The third-order valence-corrected chi connectivity index (χ3v) is 16.9. The zero-order valence-electron chi connectivity index (χ0n) is 48.6. The molecule has 0 bridgehead atoms. The zero-order chi connectivity index (χ0) is 60.9. The van der Waals surface area contributed by atoms with Crippen LogP contribution in [0.2, 0.25) is 0 Å². The first kappa shape index (κ1) is 53.8. The van der Waals surface area contributed by atoms with E-state index >= 15 is 0 Å². The standard InChI is InChI=1S/3C18H13N4.C17H11N4/c1-11-5-13-9-21-10-14-7-15(19-3)16(20-4)8-18(14)22(21)17(13)6-12(11)2;1-11-5-12(2)14-10-21-9-13-7-15(19-3)16(20-4)8-17(13)22(21)18(14)6-11;1-11-5-12(2)18-14(6-11)10-21-9-13-7-15(19-3)16(20-4)8-17(13)22(18)21;1-11-5-4-6-12-9-20-10-13-7-14(18-2)15(19-3)8-16(13)21(20)17(11)12/h5-8,10H,9H2,1-2H3;2*5-9H,10H2,1-2H3;4-8,10H,9H2,1H3/q4*+1. The summed E-state index contributed by atoms with van der Waals surface area (Å²) in [5.74, 6) is 0. The van der Waals surface area contributed by atoms with Gasteiger partial charge in [0.1, 0.15) is 44.8 Å². The highest BCUT2D eigenvalue weighted by Crippen LogP contribution is 2.40. The Morgan fingerprint density at radius 3 is 1.16 bits per heavy atom. The van der Waals surface area contributed by atoms with Crippen molar-refractivity contribution in [1.82, 2.24) is 18.7 Å². The minimum absolute atomic E-state index is 0.418. The molecular formula is C71H50N16+4. The van der Waals surface area contributed by atoms with E-state index < -0.39 is 0 Å². The van der Waals surface area contributed by atoms with Crippen LogP contribution in [0.5, 0.6) is 0 Å². The van der Waals surface area contributed by atoms with E-state index in [2.05, 4.69) is 204 Å². The van der Waals surface area contributed by atoms with E-state index in [1.54, 1.807) is 0 Å². The lowest BCUT2D eigenvalue weighted by molar-refractivity contribution is -0.749. The van der Waals surface area contributed by atoms with E-state index in [-0.39, 0.29) is 0 Å². The molecule has 4 aliphatic rings. The van der Waals surface area contributed by atoms with E-state index in [1.807, 2.05) is 48.5 Å². The predicted molar refractivity (Wildman–Crippen MR) is 334 cm³/mol. The molecule has 0 atom stereocenters. The van der Waals surface area contributed by atoms with Gasteiger partial charge in [-0.25, -0.2) is 0 Å². The maximum atomic E-state index is 7.29. The van der Waals surface area contributed by atoms with Crippen molar-refractivity contribution in [3.05, 3.63) is 280 Å². The van der Waals surface area contributed by atoms with Crippen molar-refractivity contribution in [2.24, 2.45) is 0 Å². The SMILES string of the molecule is [C-]#[N+]c1cc2c[n+]3n(c2cc1[N+]#[C-])-c1c(C)cc(C)cc1C3.[C-]#[N+]c1cc2c[n+]3n(c2cc1[N+]#[C-])-c1c(C)cccc1C3.[C-]#[N+]c1cc2c[n+]3n(c2cc1[N+]#[C-])-c1cc(C)c(C)cc1C3.[C-]#[N+]c1cc2c[n+]3n(c2cc1[N+]#[C-])-c1cc(C)cc(C)c1C3. The number of aromatic nitrogens is 8. The molecule has 0 unspecified atom stereocenters. The molecule has 87 heavy (non-hydrogen) atoms. The second-order valence-corrected chi connectivity index (χ2v) is 22.5. The van der Waals surface area contributed by atoms with Crippen molar-refractivity contribution in [1.29, 1.82) is 0 Å². The van der Waals surface area contributed by atoms with Gasteiger partial charge in [-0.15, -0.1) is 37.5 Å². The van der Waals surface area contributed by atoms with Gasteiger partial charge in [-0.1, -0.05) is 60.2 Å². The fourth-order valence-electron chi connectivity index (χ4n) is 13.0. The number of nitrogens with zero attached hydrogens (tertiary/aromatic N) is 16. The second kappa shape index (κ2) is 20.5. The molecule has 410 valence electrons. The Kier molecular flexibility index (Phi) is 12.7. The maximum Gasteiger partial charge on any atom is 0.202 e. The molecule has 0 saturated carbocycles. The minimum Gasteiger partial charge on any atom is -0.250 e. The molecule has 16 heteroatoms. The van der Waals surface area contributed by atoms with Crippen LogP contribution in [0.1, 0.15) is 61.2 Å². The summed E-state index contributed by atoms with van der Waals surface area (Å²) in [6.07, 6.45) is 8.23. The molecule has 0 N–H and O–H groups in total. The Morgan fingerprint density at radius 1 is 0.310 bits per heavy atom. The number of fused-ring (bicyclic) bond motifs is 20. The largest absolute Gasteiger partial charge is 0.250 e. The summed E-state index contributed by atoms with van der Waals surface area (Å²) in [7, 11) is 0. The van der Waals surface area contributed by atoms with E-state index in [1.165, 1.54) is 83.9 Å². The van der Waals surface area contributed by atoms with Crippen molar-refractivity contribution in [3.8, 4) is 22.7 Å². The monoisotopic (exact) mass is 1130 g/mol. The van der Waals surface area contributed by atoms with Gasteiger partial charge in [0, 0.05) is 16.7 Å². The number of aryl methyl sites for hydroxylation is 7. The number of rotatable bonds is 0. The highest BCUT2D eigenvalue weighted by atomic mass is 15.4. The lowest BCUT2D eigenvalue weighted by Gasteiger charge is -2.05. The maximum absolute atomic E-state index is 7.29. The summed E-state index contributed by atoms with van der Waals surface area (Å²) in [4.78, 5) is 27.8. The number of benzene rings is 8. The van der Waals surface area contributed by atoms with Gasteiger partial charge >= 0.3 is 0 Å². The Bertz CT molecular complexity index is 5480. The van der Waals surface area contributed by atoms with Gasteiger partial charge in [0.15, 0.2) is 71.7 Å². The summed E-state index contributed by atoms with van der Waals surface area (Å²) >= 11 is 0. The van der Waals surface area contributed by atoms with Crippen LogP contribution in [0.25, 0.3) is 105 Å². The third kappa shape index (κ3) is 8.58. The Morgan fingerprint density at radius 2 is 0.678 bits per heavy atom. The van der Waals surface area contributed by atoms with Crippen LogP contribution in [-0.4, -0.2) is 18.7 Å². The van der Waals surface area contributed by atoms with Gasteiger partial charge in [-0.05, 0) is 130 Å². The van der Waals surface area contributed by atoms with E-state index in [0.29, 0.717) is 45.5 Å². The molecule has 16 nitrogen and oxygen atoms in total. The Hall–Kier alpha value is -12.4. The van der Waals surface area contributed by atoms with Crippen LogP contribution in [0.15, 0.2) is 128 Å². The molecule has 0 saturated heterocycles. The smallest absolute Gasteiger partial charge is 0.202 e. The molecule has 0 aliphatic carbocycles. The van der Waals surface area contributed by atoms with Crippen LogP contribution in [0, 0.1) is 101 Å². The fraction of sp³-hybridized carbons (Fsp3) is 0.155. The zero-order valence-corrected chi connectivity index (χ0v) is 48.6. The van der Waals surface area contributed by atoms with Gasteiger partial charge in [-0.2, -0.15) is 0 Å². The quantitative estimate of drug-likeness (QED) is 0.107. The molecule has 0 spiro atoms. The van der Waals surface area contributed by atoms with Crippen LogP contribution in [0.3, 0.4) is 0 Å². The number of hydrogen-bond donors (Lipinski definition) is 0. The Balaban J connectivity index is 0.000000107. The first-order valence-corrected chi connectivity index (χ1v) is 27.9. The topological polar surface area (TPSA) is 70.1 Å². The van der Waals surface area contributed by atoms with Gasteiger partial charge in [0.2, 0.25) is 24.8 Å². The highest BCUT2D eigenvalue weighted by Gasteiger charge is 2.34. The Labute approximate surface area is 502 Å². The summed E-state index contributed by atoms with van der Waals surface area (Å²) in [5.41, 5.74) is 26.1. The summed E-state index contributed by atoms with van der Waals surface area (Å²) in [5, 5.41) is 4.01. The fourth-order valence-corrected chi connectivity index (χ4v) is 13.0. The molecule has 0 radical (unpaired) electrons. The van der Waals surface area contributed by atoms with Crippen molar-refractivity contribution in [2.75, 3.05) is 0 Å². The lowest BCUT2D eigenvalue weighted by atomic mass is 10.0. The minimum atomic E-state index is 0.418. The molecular weight excluding hydrogens is 1080 g/mol. The van der Waals surface area contributed by atoms with Crippen molar-refractivity contribution in [2.45, 2.75) is 74.6 Å². The molecule has 4 aliphatic heterocycles. The second-order valence-electron chi connectivity index (χ2n) is 22.5.